The number of carbonyl (C=O) groups is 1. The highest BCUT2D eigenvalue weighted by atomic mass is 35.5. The van der Waals surface area contributed by atoms with Gasteiger partial charge in [-0.1, -0.05) is 17.7 Å². The van der Waals surface area contributed by atoms with E-state index >= 15 is 0 Å². The summed E-state index contributed by atoms with van der Waals surface area (Å²) >= 11 is 6.17. The van der Waals surface area contributed by atoms with E-state index < -0.39 is 0 Å². The molecule has 2 heterocycles. The molecule has 3 aromatic rings. The van der Waals surface area contributed by atoms with Crippen LogP contribution in [0.15, 0.2) is 36.5 Å². The van der Waals surface area contributed by atoms with E-state index in [1.165, 1.54) is 0 Å². The Morgan fingerprint density at radius 3 is 2.86 bits per heavy atom. The van der Waals surface area contributed by atoms with Crippen LogP contribution < -0.4 is 5.32 Å². The van der Waals surface area contributed by atoms with Crippen molar-refractivity contribution in [2.75, 3.05) is 5.32 Å². The molecule has 2 aromatic heterocycles. The molecule has 0 spiro atoms. The molecule has 0 radical (unpaired) electrons. The van der Waals surface area contributed by atoms with Crippen molar-refractivity contribution in [3.63, 3.8) is 0 Å². The molecule has 5 nitrogen and oxygen atoms in total. The first-order valence-electron chi connectivity index (χ1n) is 6.41. The number of halogens is 1. The molecular formula is C15H13ClN4O. The maximum Gasteiger partial charge on any atom is 0.258 e. The van der Waals surface area contributed by atoms with Gasteiger partial charge in [0.15, 0.2) is 0 Å². The second-order valence-corrected chi connectivity index (χ2v) is 5.15. The predicted octanol–water partition coefficient (Wildman–Crippen LogP) is 3.18. The lowest BCUT2D eigenvalue weighted by Crippen LogP contribution is -2.15. The van der Waals surface area contributed by atoms with Crippen LogP contribution in [-0.4, -0.2) is 20.4 Å². The molecule has 21 heavy (non-hydrogen) atoms. The Morgan fingerprint density at radius 1 is 1.33 bits per heavy atom. The van der Waals surface area contributed by atoms with E-state index in [4.69, 9.17) is 11.6 Å². The molecule has 0 aliphatic rings. The summed E-state index contributed by atoms with van der Waals surface area (Å²) in [6.07, 6.45) is 1.61. The van der Waals surface area contributed by atoms with Crippen molar-refractivity contribution in [1.82, 2.24) is 14.5 Å². The number of imidazole rings is 1. The summed E-state index contributed by atoms with van der Waals surface area (Å²) in [5.74, 6) is 0.229. The molecule has 1 aromatic carbocycles. The first kappa shape index (κ1) is 13.6. The monoisotopic (exact) mass is 300 g/mol. The Balaban J connectivity index is 1.97. The molecule has 1 amide bonds. The van der Waals surface area contributed by atoms with Gasteiger partial charge < -0.3 is 4.57 Å². The number of aryl methyl sites for hydroxylation is 2. The van der Waals surface area contributed by atoms with Crippen LogP contribution in [0.25, 0.3) is 11.0 Å². The Kier molecular flexibility index (Phi) is 3.35. The number of fused-ring (bicyclic) bond motifs is 1. The number of nitrogens with zero attached hydrogens (tertiary/aromatic N) is 3. The predicted molar refractivity (Wildman–Crippen MR) is 82.7 cm³/mol. The zero-order chi connectivity index (χ0) is 15.0. The molecule has 0 aliphatic carbocycles. The summed E-state index contributed by atoms with van der Waals surface area (Å²) in [5.41, 5.74) is 2.86. The SMILES string of the molecule is Cc1cc(C(=O)Nc2nc3cccc(Cl)c3n2C)ccn1. The van der Waals surface area contributed by atoms with Gasteiger partial charge in [0.05, 0.1) is 16.1 Å². The maximum absolute atomic E-state index is 12.3. The van der Waals surface area contributed by atoms with E-state index in [1.807, 2.05) is 26.1 Å². The lowest BCUT2D eigenvalue weighted by atomic mass is 10.2. The molecule has 0 bridgehead atoms. The van der Waals surface area contributed by atoms with Crippen LogP contribution in [0.3, 0.4) is 0 Å². The lowest BCUT2D eigenvalue weighted by molar-refractivity contribution is 0.102. The summed E-state index contributed by atoms with van der Waals surface area (Å²) in [4.78, 5) is 20.7. The van der Waals surface area contributed by atoms with Crippen molar-refractivity contribution >= 4 is 34.5 Å². The largest absolute Gasteiger partial charge is 0.312 e. The molecule has 0 fully saturated rings. The second kappa shape index (κ2) is 5.18. The van der Waals surface area contributed by atoms with Crippen LogP contribution in [-0.2, 0) is 7.05 Å². The zero-order valence-corrected chi connectivity index (χ0v) is 12.3. The first-order chi connectivity index (χ1) is 10.1. The third kappa shape index (κ3) is 2.48. The topological polar surface area (TPSA) is 59.8 Å². The number of hydrogen-bond donors (Lipinski definition) is 1. The minimum absolute atomic E-state index is 0.227. The number of carbonyl (C=O) groups excluding carboxylic acids is 1. The van der Waals surface area contributed by atoms with Gasteiger partial charge in [-0.2, -0.15) is 0 Å². The average Bonchev–Trinajstić information content (AvgIpc) is 2.77. The number of nitrogens with one attached hydrogen (secondary N) is 1. The Morgan fingerprint density at radius 2 is 2.14 bits per heavy atom. The molecule has 106 valence electrons. The number of benzene rings is 1. The Labute approximate surface area is 126 Å². The van der Waals surface area contributed by atoms with Gasteiger partial charge in [0.2, 0.25) is 5.95 Å². The average molecular weight is 301 g/mol. The molecular weight excluding hydrogens is 288 g/mol. The quantitative estimate of drug-likeness (QED) is 0.790. The van der Waals surface area contributed by atoms with Crippen molar-refractivity contribution in [3.8, 4) is 0 Å². The summed E-state index contributed by atoms with van der Waals surface area (Å²) in [5, 5.41) is 3.40. The smallest absolute Gasteiger partial charge is 0.258 e. The molecule has 1 N–H and O–H groups in total. The summed E-state index contributed by atoms with van der Waals surface area (Å²) in [6.45, 7) is 1.84. The fraction of sp³-hybridized carbons (Fsp3) is 0.133. The molecule has 3 rings (SSSR count). The van der Waals surface area contributed by atoms with Crippen LogP contribution in [0.2, 0.25) is 5.02 Å². The number of amides is 1. The molecule has 0 unspecified atom stereocenters. The van der Waals surface area contributed by atoms with Gasteiger partial charge in [0, 0.05) is 24.5 Å². The normalized spacial score (nSPS) is 10.8. The van der Waals surface area contributed by atoms with E-state index in [2.05, 4.69) is 15.3 Å². The number of para-hydroxylation sites is 1. The van der Waals surface area contributed by atoms with Crippen LogP contribution >= 0.6 is 11.6 Å². The number of anilines is 1. The molecule has 0 saturated heterocycles. The first-order valence-corrected chi connectivity index (χ1v) is 6.79. The van der Waals surface area contributed by atoms with E-state index in [-0.39, 0.29) is 5.91 Å². The van der Waals surface area contributed by atoms with Gasteiger partial charge in [0.1, 0.15) is 0 Å². The highest BCUT2D eigenvalue weighted by Gasteiger charge is 2.14. The number of pyridine rings is 1. The number of rotatable bonds is 2. The van der Waals surface area contributed by atoms with E-state index in [0.29, 0.717) is 16.5 Å². The van der Waals surface area contributed by atoms with Crippen LogP contribution in [0, 0.1) is 6.92 Å². The van der Waals surface area contributed by atoms with Gasteiger partial charge in [-0.15, -0.1) is 0 Å². The highest BCUT2D eigenvalue weighted by molar-refractivity contribution is 6.35. The van der Waals surface area contributed by atoms with Gasteiger partial charge in [-0.05, 0) is 31.2 Å². The van der Waals surface area contributed by atoms with E-state index in [9.17, 15) is 4.79 Å². The van der Waals surface area contributed by atoms with Crippen molar-refractivity contribution in [1.29, 1.82) is 0 Å². The fourth-order valence-corrected chi connectivity index (χ4v) is 2.49. The minimum atomic E-state index is -0.227. The van der Waals surface area contributed by atoms with Gasteiger partial charge in [0.25, 0.3) is 5.91 Å². The third-order valence-corrected chi connectivity index (χ3v) is 3.53. The third-order valence-electron chi connectivity index (χ3n) is 3.23. The van der Waals surface area contributed by atoms with Crippen molar-refractivity contribution in [2.24, 2.45) is 7.05 Å². The van der Waals surface area contributed by atoms with Crippen molar-refractivity contribution < 1.29 is 4.79 Å². The standard InChI is InChI=1S/C15H13ClN4O/c1-9-8-10(6-7-17-9)14(21)19-15-18-12-5-3-4-11(16)13(12)20(15)2/h3-8H,1-2H3,(H,18,19,21). The molecule has 0 atom stereocenters. The van der Waals surface area contributed by atoms with E-state index in [1.54, 1.807) is 29.0 Å². The van der Waals surface area contributed by atoms with Crippen LogP contribution in [0.1, 0.15) is 16.1 Å². The number of aromatic nitrogens is 3. The second-order valence-electron chi connectivity index (χ2n) is 4.74. The van der Waals surface area contributed by atoms with Crippen LogP contribution in [0.5, 0.6) is 0 Å². The fourth-order valence-electron chi connectivity index (χ4n) is 2.19. The van der Waals surface area contributed by atoms with Gasteiger partial charge in [-0.25, -0.2) is 4.98 Å². The molecule has 6 heteroatoms. The molecule has 0 aliphatic heterocycles. The summed E-state index contributed by atoms with van der Waals surface area (Å²) in [7, 11) is 1.81. The molecule has 0 saturated carbocycles. The summed E-state index contributed by atoms with van der Waals surface area (Å²) in [6, 6.07) is 8.87. The van der Waals surface area contributed by atoms with Crippen LogP contribution in [0.4, 0.5) is 5.95 Å². The van der Waals surface area contributed by atoms with Crippen molar-refractivity contribution in [2.45, 2.75) is 6.92 Å². The minimum Gasteiger partial charge on any atom is -0.312 e. The summed E-state index contributed by atoms with van der Waals surface area (Å²) < 4.78 is 1.77. The van der Waals surface area contributed by atoms with Gasteiger partial charge >= 0.3 is 0 Å². The highest BCUT2D eigenvalue weighted by Crippen LogP contribution is 2.25. The van der Waals surface area contributed by atoms with E-state index in [0.717, 1.165) is 16.7 Å². The zero-order valence-electron chi connectivity index (χ0n) is 11.6. The van der Waals surface area contributed by atoms with Crippen molar-refractivity contribution in [3.05, 3.63) is 52.8 Å². The Hall–Kier alpha value is -2.40. The lowest BCUT2D eigenvalue weighted by Gasteiger charge is -2.06. The number of hydrogen-bond acceptors (Lipinski definition) is 3. The van der Waals surface area contributed by atoms with Gasteiger partial charge in [-0.3, -0.25) is 15.1 Å². The Bertz CT molecular complexity index is 841. The maximum atomic E-state index is 12.3.